The van der Waals surface area contributed by atoms with Crippen LogP contribution in [0.2, 0.25) is 0 Å². The van der Waals surface area contributed by atoms with Crippen molar-refractivity contribution in [3.63, 3.8) is 0 Å². The first kappa shape index (κ1) is 17.2. The van der Waals surface area contributed by atoms with Gasteiger partial charge in [-0.1, -0.05) is 0 Å². The van der Waals surface area contributed by atoms with Gasteiger partial charge >= 0.3 is 0 Å². The second kappa shape index (κ2) is 6.70. The third-order valence-electron chi connectivity index (χ3n) is 4.87. The number of nitrogens with zero attached hydrogens (tertiary/aromatic N) is 2. The Bertz CT molecular complexity index is 772. The van der Waals surface area contributed by atoms with Gasteiger partial charge in [0, 0.05) is 30.0 Å². The topological polar surface area (TPSA) is 52.9 Å². The van der Waals surface area contributed by atoms with Crippen molar-refractivity contribution in [2.24, 2.45) is 0 Å². The lowest BCUT2D eigenvalue weighted by atomic mass is 10.1. The molecule has 6 heteroatoms. The summed E-state index contributed by atoms with van der Waals surface area (Å²) in [6.07, 6.45) is 0. The lowest BCUT2D eigenvalue weighted by molar-refractivity contribution is 0.0642. The Morgan fingerprint density at radius 3 is 2.24 bits per heavy atom. The number of carbonyl (C=O) groups is 1. The lowest BCUT2D eigenvalue weighted by Gasteiger charge is -2.35. The van der Waals surface area contributed by atoms with Crippen molar-refractivity contribution >= 4 is 5.91 Å². The van der Waals surface area contributed by atoms with Gasteiger partial charge in [0.1, 0.15) is 0 Å². The van der Waals surface area contributed by atoms with Crippen molar-refractivity contribution in [3.05, 3.63) is 41.2 Å². The summed E-state index contributed by atoms with van der Waals surface area (Å²) in [6.45, 7) is 5.61. The summed E-state index contributed by atoms with van der Waals surface area (Å²) in [7, 11) is 4.64. The molecule has 134 valence electrons. The molecule has 0 N–H and O–H groups in total. The highest BCUT2D eigenvalue weighted by Crippen LogP contribution is 2.39. The number of hydrogen-bond donors (Lipinski definition) is 0. The fraction of sp³-hybridized carbons (Fsp3) is 0.421. The standard InChI is InChI=1S/C19H24N2O4/c1-12-6-7-15-13(2)21(9-8-20(12)15)19(22)14-10-16(23-3)18(25-5)17(11-14)24-4/h6-7,10-11,13H,8-9H2,1-5H3/t13-/m1/s1. The molecule has 2 aromatic rings. The minimum Gasteiger partial charge on any atom is -0.493 e. The van der Waals surface area contributed by atoms with E-state index >= 15 is 0 Å². The minimum atomic E-state index is -0.0446. The molecule has 1 aromatic heterocycles. The first-order chi connectivity index (χ1) is 12.0. The Kier molecular flexibility index (Phi) is 4.61. The largest absolute Gasteiger partial charge is 0.493 e. The molecule has 1 amide bonds. The van der Waals surface area contributed by atoms with Crippen LogP contribution in [0.3, 0.4) is 0 Å². The Hall–Kier alpha value is -2.63. The Labute approximate surface area is 147 Å². The Morgan fingerprint density at radius 2 is 1.68 bits per heavy atom. The van der Waals surface area contributed by atoms with Gasteiger partial charge in [0.05, 0.1) is 27.4 Å². The molecule has 1 atom stereocenters. The van der Waals surface area contributed by atoms with Crippen LogP contribution in [-0.4, -0.2) is 43.2 Å². The molecule has 1 aliphatic rings. The van der Waals surface area contributed by atoms with Crippen LogP contribution in [-0.2, 0) is 6.54 Å². The van der Waals surface area contributed by atoms with E-state index in [1.54, 1.807) is 33.5 Å². The molecule has 1 aliphatic heterocycles. The molecule has 0 aliphatic carbocycles. The van der Waals surface area contributed by atoms with Gasteiger partial charge in [0.25, 0.3) is 5.91 Å². The number of ether oxygens (including phenoxy) is 3. The third-order valence-corrected chi connectivity index (χ3v) is 4.87. The maximum absolute atomic E-state index is 13.1. The number of amides is 1. The molecule has 25 heavy (non-hydrogen) atoms. The van der Waals surface area contributed by atoms with Gasteiger partial charge < -0.3 is 23.7 Å². The molecule has 0 spiro atoms. The summed E-state index contributed by atoms with van der Waals surface area (Å²) >= 11 is 0. The predicted molar refractivity (Wildman–Crippen MR) is 94.7 cm³/mol. The predicted octanol–water partition coefficient (Wildman–Crippen LogP) is 3.04. The van der Waals surface area contributed by atoms with E-state index in [1.807, 2.05) is 4.90 Å². The molecule has 0 unspecified atom stereocenters. The van der Waals surface area contributed by atoms with Gasteiger partial charge in [0.15, 0.2) is 11.5 Å². The van der Waals surface area contributed by atoms with Crippen LogP contribution in [0.25, 0.3) is 0 Å². The number of hydrogen-bond acceptors (Lipinski definition) is 4. The monoisotopic (exact) mass is 344 g/mol. The molecular formula is C19H24N2O4. The number of aromatic nitrogens is 1. The number of fused-ring (bicyclic) bond motifs is 1. The number of methoxy groups -OCH3 is 3. The summed E-state index contributed by atoms with van der Waals surface area (Å²) in [5.74, 6) is 1.40. The smallest absolute Gasteiger partial charge is 0.254 e. The molecule has 0 bridgehead atoms. The maximum atomic E-state index is 13.1. The van der Waals surface area contributed by atoms with E-state index in [2.05, 4.69) is 30.5 Å². The quantitative estimate of drug-likeness (QED) is 0.855. The van der Waals surface area contributed by atoms with Gasteiger partial charge in [-0.3, -0.25) is 4.79 Å². The summed E-state index contributed by atoms with van der Waals surface area (Å²) in [6, 6.07) is 7.60. The van der Waals surface area contributed by atoms with E-state index in [9.17, 15) is 4.79 Å². The lowest BCUT2D eigenvalue weighted by Crippen LogP contribution is -2.41. The van der Waals surface area contributed by atoms with Crippen molar-refractivity contribution in [2.75, 3.05) is 27.9 Å². The Balaban J connectivity index is 1.96. The van der Waals surface area contributed by atoms with Crippen molar-refractivity contribution in [1.29, 1.82) is 0 Å². The highest BCUT2D eigenvalue weighted by atomic mass is 16.5. The number of benzene rings is 1. The summed E-state index contributed by atoms with van der Waals surface area (Å²) in [5, 5.41) is 0. The molecule has 2 heterocycles. The average Bonchev–Trinajstić information content (AvgIpc) is 3.02. The summed E-state index contributed by atoms with van der Waals surface area (Å²) < 4.78 is 18.3. The second-order valence-corrected chi connectivity index (χ2v) is 6.14. The SMILES string of the molecule is COc1cc(C(=O)N2CCn3c(C)ccc3[C@H]2C)cc(OC)c1OC. The first-order valence-corrected chi connectivity index (χ1v) is 8.28. The highest BCUT2D eigenvalue weighted by molar-refractivity contribution is 5.96. The zero-order valence-corrected chi connectivity index (χ0v) is 15.3. The van der Waals surface area contributed by atoms with Crippen molar-refractivity contribution < 1.29 is 19.0 Å². The normalized spacial score (nSPS) is 16.4. The van der Waals surface area contributed by atoms with Crippen LogP contribution >= 0.6 is 0 Å². The van der Waals surface area contributed by atoms with Crippen molar-refractivity contribution in [2.45, 2.75) is 26.4 Å². The van der Waals surface area contributed by atoms with Crippen LogP contribution in [0.15, 0.2) is 24.3 Å². The van der Waals surface area contributed by atoms with Crippen LogP contribution in [0.4, 0.5) is 0 Å². The van der Waals surface area contributed by atoms with E-state index in [1.165, 1.54) is 5.69 Å². The summed E-state index contributed by atoms with van der Waals surface area (Å²) in [4.78, 5) is 15.0. The molecule has 6 nitrogen and oxygen atoms in total. The molecule has 1 aromatic carbocycles. The second-order valence-electron chi connectivity index (χ2n) is 6.14. The van der Waals surface area contributed by atoms with Crippen LogP contribution in [0.1, 0.15) is 34.7 Å². The van der Waals surface area contributed by atoms with Gasteiger partial charge in [-0.05, 0) is 38.1 Å². The van der Waals surface area contributed by atoms with Crippen molar-refractivity contribution in [3.8, 4) is 17.2 Å². The van der Waals surface area contributed by atoms with Gasteiger partial charge in [-0.25, -0.2) is 0 Å². The van der Waals surface area contributed by atoms with Crippen LogP contribution < -0.4 is 14.2 Å². The fourth-order valence-electron chi connectivity index (χ4n) is 3.47. The average molecular weight is 344 g/mol. The number of aryl methyl sites for hydroxylation is 1. The molecule has 0 fully saturated rings. The van der Waals surface area contributed by atoms with Crippen molar-refractivity contribution in [1.82, 2.24) is 9.47 Å². The molecule has 0 saturated heterocycles. The third kappa shape index (κ3) is 2.81. The molecule has 0 saturated carbocycles. The zero-order chi connectivity index (χ0) is 18.1. The van der Waals surface area contributed by atoms with E-state index in [-0.39, 0.29) is 11.9 Å². The first-order valence-electron chi connectivity index (χ1n) is 8.28. The molecule has 3 rings (SSSR count). The molecule has 0 radical (unpaired) electrons. The van der Waals surface area contributed by atoms with E-state index < -0.39 is 0 Å². The van der Waals surface area contributed by atoms with E-state index in [0.29, 0.717) is 29.4 Å². The number of rotatable bonds is 4. The highest BCUT2D eigenvalue weighted by Gasteiger charge is 2.30. The fourth-order valence-corrected chi connectivity index (χ4v) is 3.47. The maximum Gasteiger partial charge on any atom is 0.254 e. The van der Waals surface area contributed by atoms with Crippen LogP contribution in [0.5, 0.6) is 17.2 Å². The van der Waals surface area contributed by atoms with Gasteiger partial charge in [-0.15, -0.1) is 0 Å². The van der Waals surface area contributed by atoms with Gasteiger partial charge in [-0.2, -0.15) is 0 Å². The Morgan fingerprint density at radius 1 is 1.04 bits per heavy atom. The van der Waals surface area contributed by atoms with E-state index in [4.69, 9.17) is 14.2 Å². The minimum absolute atomic E-state index is 0.00837. The number of carbonyl (C=O) groups excluding carboxylic acids is 1. The molecular weight excluding hydrogens is 320 g/mol. The van der Waals surface area contributed by atoms with Crippen LogP contribution in [0, 0.1) is 6.92 Å². The zero-order valence-electron chi connectivity index (χ0n) is 15.3. The summed E-state index contributed by atoms with van der Waals surface area (Å²) in [5.41, 5.74) is 2.91. The van der Waals surface area contributed by atoms with Gasteiger partial charge in [0.2, 0.25) is 5.75 Å². The van der Waals surface area contributed by atoms with E-state index in [0.717, 1.165) is 12.2 Å².